The zero-order chi connectivity index (χ0) is 14.3. The predicted molar refractivity (Wildman–Crippen MR) is 77.3 cm³/mol. The number of nitrogens with zero attached hydrogens (tertiary/aromatic N) is 2. The lowest BCUT2D eigenvalue weighted by atomic mass is 9.99. The molecule has 0 saturated carbocycles. The minimum Gasteiger partial charge on any atom is -0.465 e. The summed E-state index contributed by atoms with van der Waals surface area (Å²) in [6.07, 6.45) is 4.53. The first kappa shape index (κ1) is 16.0. The first-order chi connectivity index (χ1) is 9.01. The highest BCUT2D eigenvalue weighted by atomic mass is 32.2. The van der Waals surface area contributed by atoms with Crippen molar-refractivity contribution in [1.82, 2.24) is 15.1 Å². The van der Waals surface area contributed by atoms with E-state index in [9.17, 15) is 4.79 Å². The van der Waals surface area contributed by atoms with Gasteiger partial charge in [0.1, 0.15) is 5.54 Å². The molecule has 1 aromatic heterocycles. The van der Waals surface area contributed by atoms with Crippen molar-refractivity contribution < 1.29 is 9.53 Å². The van der Waals surface area contributed by atoms with Gasteiger partial charge in [0.2, 0.25) is 0 Å². The Morgan fingerprint density at radius 3 is 2.84 bits per heavy atom. The molecular formula is C13H23N3O2S. The van der Waals surface area contributed by atoms with Gasteiger partial charge in [0.25, 0.3) is 0 Å². The van der Waals surface area contributed by atoms with Gasteiger partial charge in [-0.3, -0.25) is 9.48 Å². The summed E-state index contributed by atoms with van der Waals surface area (Å²) in [6, 6.07) is 0. The van der Waals surface area contributed by atoms with Gasteiger partial charge in [-0.15, -0.1) is 11.8 Å². The van der Waals surface area contributed by atoms with Crippen molar-refractivity contribution in [1.29, 1.82) is 0 Å². The number of thioether (sulfide) groups is 1. The Labute approximate surface area is 119 Å². The second kappa shape index (κ2) is 7.55. The molecule has 19 heavy (non-hydrogen) atoms. The lowest BCUT2D eigenvalue weighted by Crippen LogP contribution is -2.50. The number of esters is 1. The molecule has 0 bridgehead atoms. The number of aryl methyl sites for hydroxylation is 1. The van der Waals surface area contributed by atoms with Crippen LogP contribution in [0.5, 0.6) is 0 Å². The van der Waals surface area contributed by atoms with Crippen LogP contribution in [0.4, 0.5) is 0 Å². The first-order valence-corrected chi connectivity index (χ1v) is 7.54. The van der Waals surface area contributed by atoms with Crippen LogP contribution in [0.25, 0.3) is 0 Å². The maximum atomic E-state index is 12.0. The maximum Gasteiger partial charge on any atom is 0.326 e. The SMILES string of the molecule is CCNC(C)(CCSc1cnn(C)c1)C(=O)OCC. The summed E-state index contributed by atoms with van der Waals surface area (Å²) in [4.78, 5) is 13.1. The molecule has 0 aliphatic heterocycles. The van der Waals surface area contributed by atoms with E-state index >= 15 is 0 Å². The van der Waals surface area contributed by atoms with E-state index in [-0.39, 0.29) is 5.97 Å². The number of likely N-dealkylation sites (N-methyl/N-ethyl adjacent to an activating group) is 1. The second-order valence-corrected chi connectivity index (χ2v) is 5.70. The topological polar surface area (TPSA) is 56.2 Å². The quantitative estimate of drug-likeness (QED) is 0.583. The summed E-state index contributed by atoms with van der Waals surface area (Å²) in [5.74, 6) is 0.664. The molecule has 1 unspecified atom stereocenters. The Kier molecular flexibility index (Phi) is 6.37. The zero-order valence-electron chi connectivity index (χ0n) is 12.1. The number of nitrogens with one attached hydrogen (secondary N) is 1. The molecule has 1 rings (SSSR count). The number of rotatable bonds is 8. The van der Waals surface area contributed by atoms with Gasteiger partial charge in [0.15, 0.2) is 0 Å². The van der Waals surface area contributed by atoms with Gasteiger partial charge >= 0.3 is 5.97 Å². The zero-order valence-corrected chi connectivity index (χ0v) is 12.9. The third-order valence-electron chi connectivity index (χ3n) is 2.84. The molecule has 0 fully saturated rings. The molecule has 1 heterocycles. The van der Waals surface area contributed by atoms with Crippen LogP contribution in [0.1, 0.15) is 27.2 Å². The number of hydrogen-bond donors (Lipinski definition) is 1. The highest BCUT2D eigenvalue weighted by molar-refractivity contribution is 7.99. The fraction of sp³-hybridized carbons (Fsp3) is 0.692. The molecule has 0 spiro atoms. The van der Waals surface area contributed by atoms with Crippen LogP contribution in [0, 0.1) is 0 Å². The van der Waals surface area contributed by atoms with Crippen LogP contribution in [0.15, 0.2) is 17.3 Å². The Bertz CT molecular complexity index is 408. The van der Waals surface area contributed by atoms with Crippen molar-refractivity contribution in [3.8, 4) is 0 Å². The molecule has 0 amide bonds. The van der Waals surface area contributed by atoms with Crippen molar-refractivity contribution >= 4 is 17.7 Å². The van der Waals surface area contributed by atoms with Gasteiger partial charge < -0.3 is 10.1 Å². The van der Waals surface area contributed by atoms with Crippen LogP contribution in [0.2, 0.25) is 0 Å². The van der Waals surface area contributed by atoms with Crippen LogP contribution >= 0.6 is 11.8 Å². The Hall–Kier alpha value is -1.01. The summed E-state index contributed by atoms with van der Waals surface area (Å²) in [7, 11) is 1.89. The predicted octanol–water partition coefficient (Wildman–Crippen LogP) is 1.83. The van der Waals surface area contributed by atoms with Crippen LogP contribution < -0.4 is 5.32 Å². The highest BCUT2D eigenvalue weighted by Gasteiger charge is 2.33. The fourth-order valence-corrected chi connectivity index (χ4v) is 2.88. The molecule has 0 radical (unpaired) electrons. The third-order valence-corrected chi connectivity index (χ3v) is 3.80. The molecule has 0 aliphatic carbocycles. The van der Waals surface area contributed by atoms with Crippen LogP contribution in [-0.4, -0.2) is 40.2 Å². The highest BCUT2D eigenvalue weighted by Crippen LogP contribution is 2.22. The maximum absolute atomic E-state index is 12.0. The Morgan fingerprint density at radius 1 is 1.58 bits per heavy atom. The normalized spacial score (nSPS) is 14.1. The second-order valence-electron chi connectivity index (χ2n) is 4.53. The first-order valence-electron chi connectivity index (χ1n) is 6.55. The Morgan fingerprint density at radius 2 is 2.32 bits per heavy atom. The molecule has 6 heteroatoms. The number of ether oxygens (including phenoxy) is 1. The van der Waals surface area contributed by atoms with Gasteiger partial charge in [-0.25, -0.2) is 0 Å². The van der Waals surface area contributed by atoms with Gasteiger partial charge in [0.05, 0.1) is 12.8 Å². The minimum atomic E-state index is -0.611. The number of hydrogen-bond acceptors (Lipinski definition) is 5. The van der Waals surface area contributed by atoms with Crippen LogP contribution in [0.3, 0.4) is 0 Å². The van der Waals surface area contributed by atoms with Crippen molar-refractivity contribution in [2.45, 2.75) is 37.6 Å². The lowest BCUT2D eigenvalue weighted by Gasteiger charge is -2.27. The van der Waals surface area contributed by atoms with Crippen molar-refractivity contribution in [2.24, 2.45) is 7.05 Å². The minimum absolute atomic E-state index is 0.177. The summed E-state index contributed by atoms with van der Waals surface area (Å²) in [6.45, 7) is 6.88. The molecule has 1 aromatic rings. The molecular weight excluding hydrogens is 262 g/mol. The fourth-order valence-electron chi connectivity index (χ4n) is 1.79. The van der Waals surface area contributed by atoms with E-state index in [0.717, 1.165) is 23.6 Å². The molecule has 0 aliphatic rings. The van der Waals surface area contributed by atoms with Gasteiger partial charge in [-0.05, 0) is 26.8 Å². The third kappa shape index (κ3) is 4.87. The summed E-state index contributed by atoms with van der Waals surface area (Å²) < 4.78 is 6.91. The molecule has 1 N–H and O–H groups in total. The largest absolute Gasteiger partial charge is 0.465 e. The van der Waals surface area contributed by atoms with E-state index in [1.54, 1.807) is 16.4 Å². The lowest BCUT2D eigenvalue weighted by molar-refractivity contribution is -0.150. The van der Waals surface area contributed by atoms with Crippen molar-refractivity contribution in [2.75, 3.05) is 18.9 Å². The van der Waals surface area contributed by atoms with Gasteiger partial charge in [-0.2, -0.15) is 5.10 Å². The van der Waals surface area contributed by atoms with Crippen molar-refractivity contribution in [3.05, 3.63) is 12.4 Å². The van der Waals surface area contributed by atoms with E-state index in [1.807, 2.05) is 40.2 Å². The van der Waals surface area contributed by atoms with Crippen LogP contribution in [-0.2, 0) is 16.6 Å². The average molecular weight is 285 g/mol. The van der Waals surface area contributed by atoms with E-state index in [4.69, 9.17) is 4.74 Å². The van der Waals surface area contributed by atoms with E-state index in [0.29, 0.717) is 6.61 Å². The van der Waals surface area contributed by atoms with Gasteiger partial charge in [0, 0.05) is 23.9 Å². The molecule has 0 saturated heterocycles. The molecule has 1 atom stereocenters. The summed E-state index contributed by atoms with van der Waals surface area (Å²) in [5.41, 5.74) is -0.611. The van der Waals surface area contributed by atoms with E-state index < -0.39 is 5.54 Å². The average Bonchev–Trinajstić information content (AvgIpc) is 2.76. The smallest absolute Gasteiger partial charge is 0.326 e. The number of carbonyl (C=O) groups is 1. The standard InChI is InChI=1S/C13H23N3O2S/c1-5-14-13(3,12(17)18-6-2)7-8-19-11-9-15-16(4)10-11/h9-10,14H,5-8H2,1-4H3. The Balaban J connectivity index is 2.51. The summed E-state index contributed by atoms with van der Waals surface area (Å²) >= 11 is 1.70. The molecule has 0 aromatic carbocycles. The molecule has 108 valence electrons. The monoisotopic (exact) mass is 285 g/mol. The van der Waals surface area contributed by atoms with Crippen molar-refractivity contribution in [3.63, 3.8) is 0 Å². The molecule has 5 nitrogen and oxygen atoms in total. The summed E-state index contributed by atoms with van der Waals surface area (Å²) in [5, 5.41) is 7.35. The number of aromatic nitrogens is 2. The van der Waals surface area contributed by atoms with Gasteiger partial charge in [-0.1, -0.05) is 6.92 Å². The number of carbonyl (C=O) groups excluding carboxylic acids is 1. The van der Waals surface area contributed by atoms with E-state index in [2.05, 4.69) is 10.4 Å². The van der Waals surface area contributed by atoms with E-state index in [1.165, 1.54) is 0 Å².